The number of carbonyl (C=O) groups is 1. The molecule has 0 spiro atoms. The van der Waals surface area contributed by atoms with Crippen molar-refractivity contribution in [3.05, 3.63) is 23.9 Å². The highest BCUT2D eigenvalue weighted by molar-refractivity contribution is 5.85. The number of aromatic carboxylic acids is 1. The van der Waals surface area contributed by atoms with E-state index >= 15 is 0 Å². The third kappa shape index (κ3) is 2.39. The second kappa shape index (κ2) is 4.33. The zero-order valence-corrected chi connectivity index (χ0v) is 9.93. The summed E-state index contributed by atoms with van der Waals surface area (Å²) in [6.45, 7) is 4.77. The Morgan fingerprint density at radius 2 is 2.41 bits per heavy atom. The van der Waals surface area contributed by atoms with Crippen LogP contribution in [0.4, 0.5) is 5.82 Å². The summed E-state index contributed by atoms with van der Waals surface area (Å²) in [6.07, 6.45) is 0.963. The molecule has 1 fully saturated rings. The highest BCUT2D eigenvalue weighted by Gasteiger charge is 2.37. The summed E-state index contributed by atoms with van der Waals surface area (Å²) in [7, 11) is 0. The highest BCUT2D eigenvalue weighted by Crippen LogP contribution is 2.28. The average Bonchev–Trinajstić information content (AvgIpc) is 2.59. The average molecular weight is 236 g/mol. The van der Waals surface area contributed by atoms with Gasteiger partial charge in [-0.25, -0.2) is 9.78 Å². The number of anilines is 1. The van der Waals surface area contributed by atoms with Crippen molar-refractivity contribution in [2.45, 2.75) is 31.9 Å². The first-order valence-corrected chi connectivity index (χ1v) is 5.61. The van der Waals surface area contributed by atoms with Crippen molar-refractivity contribution >= 4 is 11.8 Å². The maximum atomic E-state index is 10.8. The van der Waals surface area contributed by atoms with Crippen molar-refractivity contribution < 1.29 is 14.6 Å². The molecule has 2 heterocycles. The lowest BCUT2D eigenvalue weighted by molar-refractivity contribution is 0.0690. The molecule has 17 heavy (non-hydrogen) atoms. The Kier molecular flexibility index (Phi) is 3.02. The second-order valence-corrected chi connectivity index (χ2v) is 4.52. The van der Waals surface area contributed by atoms with Crippen LogP contribution < -0.4 is 5.32 Å². The van der Waals surface area contributed by atoms with Gasteiger partial charge >= 0.3 is 5.97 Å². The van der Waals surface area contributed by atoms with Crippen LogP contribution in [-0.4, -0.2) is 34.3 Å². The summed E-state index contributed by atoms with van der Waals surface area (Å²) < 4.78 is 5.51. The van der Waals surface area contributed by atoms with Gasteiger partial charge in [-0.05, 0) is 32.4 Å². The van der Waals surface area contributed by atoms with Gasteiger partial charge in [0.05, 0.1) is 11.6 Å². The summed E-state index contributed by atoms with van der Waals surface area (Å²) in [6, 6.07) is 4.93. The van der Waals surface area contributed by atoms with Crippen LogP contribution in [0.15, 0.2) is 18.2 Å². The smallest absolute Gasteiger partial charge is 0.354 e. The van der Waals surface area contributed by atoms with Gasteiger partial charge in [0, 0.05) is 6.61 Å². The number of rotatable bonds is 3. The van der Waals surface area contributed by atoms with Crippen molar-refractivity contribution in [2.24, 2.45) is 0 Å². The number of aromatic nitrogens is 1. The monoisotopic (exact) mass is 236 g/mol. The molecule has 2 rings (SSSR count). The molecule has 0 aromatic carbocycles. The zero-order chi connectivity index (χ0) is 12.5. The van der Waals surface area contributed by atoms with E-state index in [2.05, 4.69) is 17.2 Å². The molecule has 5 heteroatoms. The molecular weight excluding hydrogens is 220 g/mol. The normalized spacial score (nSPS) is 28.0. The number of nitrogens with one attached hydrogen (secondary N) is 1. The van der Waals surface area contributed by atoms with Crippen LogP contribution in [0.5, 0.6) is 0 Å². The van der Waals surface area contributed by atoms with Crippen LogP contribution in [0.2, 0.25) is 0 Å². The van der Waals surface area contributed by atoms with Gasteiger partial charge in [0.1, 0.15) is 5.82 Å². The van der Waals surface area contributed by atoms with Crippen LogP contribution in [0.25, 0.3) is 0 Å². The van der Waals surface area contributed by atoms with E-state index in [0.717, 1.165) is 6.42 Å². The zero-order valence-electron chi connectivity index (χ0n) is 9.93. The van der Waals surface area contributed by atoms with Gasteiger partial charge in [-0.2, -0.15) is 0 Å². The van der Waals surface area contributed by atoms with Gasteiger partial charge in [-0.15, -0.1) is 0 Å². The molecule has 2 unspecified atom stereocenters. The molecule has 0 radical (unpaired) electrons. The van der Waals surface area contributed by atoms with Crippen molar-refractivity contribution in [3.63, 3.8) is 0 Å². The number of hydrogen-bond donors (Lipinski definition) is 2. The fraction of sp³-hybridized carbons (Fsp3) is 0.500. The maximum absolute atomic E-state index is 10.8. The van der Waals surface area contributed by atoms with Crippen LogP contribution in [-0.2, 0) is 4.74 Å². The maximum Gasteiger partial charge on any atom is 0.354 e. The first-order chi connectivity index (χ1) is 8.01. The molecule has 1 aliphatic rings. The van der Waals surface area contributed by atoms with E-state index < -0.39 is 5.97 Å². The van der Waals surface area contributed by atoms with Crippen molar-refractivity contribution in [1.29, 1.82) is 0 Å². The predicted molar refractivity (Wildman–Crippen MR) is 63.3 cm³/mol. The summed E-state index contributed by atoms with van der Waals surface area (Å²) in [4.78, 5) is 14.9. The molecule has 2 N–H and O–H groups in total. The Balaban J connectivity index is 2.18. The second-order valence-electron chi connectivity index (χ2n) is 4.52. The third-order valence-corrected chi connectivity index (χ3v) is 3.27. The molecule has 1 aromatic rings. The molecule has 0 aliphatic carbocycles. The van der Waals surface area contributed by atoms with Gasteiger partial charge in [-0.3, -0.25) is 0 Å². The lowest BCUT2D eigenvalue weighted by atomic mass is 9.95. The number of hydrogen-bond acceptors (Lipinski definition) is 4. The van der Waals surface area contributed by atoms with Crippen molar-refractivity contribution in [2.75, 3.05) is 11.9 Å². The summed E-state index contributed by atoms with van der Waals surface area (Å²) in [5, 5.41) is 12.1. The SMILES string of the molecule is CC1OCCC1(C)Nc1cccc(C(=O)O)n1. The summed E-state index contributed by atoms with van der Waals surface area (Å²) >= 11 is 0. The van der Waals surface area contributed by atoms with E-state index in [1.165, 1.54) is 6.07 Å². The molecule has 92 valence electrons. The molecular formula is C12H16N2O3. The van der Waals surface area contributed by atoms with E-state index in [1.54, 1.807) is 12.1 Å². The fourth-order valence-electron chi connectivity index (χ4n) is 1.92. The summed E-state index contributed by atoms with van der Waals surface area (Å²) in [5.41, 5.74) is -0.144. The van der Waals surface area contributed by atoms with Gasteiger partial charge in [0.25, 0.3) is 0 Å². The number of carboxylic acid groups (broad SMARTS) is 1. The minimum absolute atomic E-state index is 0.0465. The van der Waals surface area contributed by atoms with Crippen molar-refractivity contribution in [3.8, 4) is 0 Å². The van der Waals surface area contributed by atoms with E-state index in [0.29, 0.717) is 12.4 Å². The fourth-order valence-corrected chi connectivity index (χ4v) is 1.92. The van der Waals surface area contributed by atoms with E-state index in [-0.39, 0.29) is 17.3 Å². The Labute approximate surface area is 99.8 Å². The topological polar surface area (TPSA) is 71.5 Å². The minimum atomic E-state index is -1.02. The van der Waals surface area contributed by atoms with Crippen LogP contribution in [0, 0.1) is 0 Å². The van der Waals surface area contributed by atoms with Gasteiger partial charge in [0.2, 0.25) is 0 Å². The van der Waals surface area contributed by atoms with Crippen LogP contribution in [0.3, 0.4) is 0 Å². The van der Waals surface area contributed by atoms with Crippen LogP contribution in [0.1, 0.15) is 30.8 Å². The lowest BCUT2D eigenvalue weighted by Crippen LogP contribution is -2.41. The molecule has 1 saturated heterocycles. The standard InChI is InChI=1S/C12H16N2O3/c1-8-12(2,6-7-17-8)14-10-5-3-4-9(13-10)11(15)16/h3-5,8H,6-7H2,1-2H3,(H,13,14)(H,15,16). The number of nitrogens with zero attached hydrogens (tertiary/aromatic N) is 1. The molecule has 0 bridgehead atoms. The predicted octanol–water partition coefficient (Wildman–Crippen LogP) is 1.76. The molecule has 1 aliphatic heterocycles. The molecule has 1 aromatic heterocycles. The minimum Gasteiger partial charge on any atom is -0.477 e. The quantitative estimate of drug-likeness (QED) is 0.836. The van der Waals surface area contributed by atoms with Crippen molar-refractivity contribution in [1.82, 2.24) is 4.98 Å². The van der Waals surface area contributed by atoms with Gasteiger partial charge in [-0.1, -0.05) is 6.07 Å². The first kappa shape index (κ1) is 11.9. The van der Waals surface area contributed by atoms with E-state index in [9.17, 15) is 4.79 Å². The lowest BCUT2D eigenvalue weighted by Gasteiger charge is -2.29. The van der Waals surface area contributed by atoms with E-state index in [1.807, 2.05) is 6.92 Å². The molecule has 5 nitrogen and oxygen atoms in total. The number of pyridine rings is 1. The van der Waals surface area contributed by atoms with Gasteiger partial charge < -0.3 is 15.2 Å². The Hall–Kier alpha value is -1.62. The van der Waals surface area contributed by atoms with Gasteiger partial charge in [0.15, 0.2) is 5.69 Å². The summed E-state index contributed by atoms with van der Waals surface area (Å²) in [5.74, 6) is -0.445. The molecule has 0 amide bonds. The Bertz CT molecular complexity index is 436. The first-order valence-electron chi connectivity index (χ1n) is 5.61. The number of carboxylic acids is 1. The van der Waals surface area contributed by atoms with E-state index in [4.69, 9.17) is 9.84 Å². The largest absolute Gasteiger partial charge is 0.477 e. The third-order valence-electron chi connectivity index (χ3n) is 3.27. The molecule has 2 atom stereocenters. The molecule has 0 saturated carbocycles. The van der Waals surface area contributed by atoms with Crippen LogP contribution >= 0.6 is 0 Å². The Morgan fingerprint density at radius 1 is 1.65 bits per heavy atom. The number of ether oxygens (including phenoxy) is 1. The Morgan fingerprint density at radius 3 is 3.00 bits per heavy atom. The highest BCUT2D eigenvalue weighted by atomic mass is 16.5.